The molecule has 1 aliphatic rings. The van der Waals surface area contributed by atoms with Gasteiger partial charge in [-0.1, -0.05) is 53.5 Å². The van der Waals surface area contributed by atoms with Crippen LogP contribution in [0.2, 0.25) is 10.2 Å². The van der Waals surface area contributed by atoms with Gasteiger partial charge in [-0.25, -0.2) is 0 Å². The SMILES string of the molecule is Cn1c(C(=O)NC[C@H]2C[C@H](O)CN2Cc2ccccc2)cc(Cl)c1Cl. The van der Waals surface area contributed by atoms with E-state index in [1.54, 1.807) is 17.7 Å². The lowest BCUT2D eigenvalue weighted by atomic mass is 10.1. The van der Waals surface area contributed by atoms with Crippen LogP contribution >= 0.6 is 23.2 Å². The molecule has 7 heteroatoms. The van der Waals surface area contributed by atoms with E-state index in [2.05, 4.69) is 22.3 Å². The van der Waals surface area contributed by atoms with Gasteiger partial charge >= 0.3 is 0 Å². The summed E-state index contributed by atoms with van der Waals surface area (Å²) < 4.78 is 1.56. The smallest absolute Gasteiger partial charge is 0.268 e. The summed E-state index contributed by atoms with van der Waals surface area (Å²) in [4.78, 5) is 14.6. The van der Waals surface area contributed by atoms with Crippen molar-refractivity contribution in [3.05, 3.63) is 57.8 Å². The van der Waals surface area contributed by atoms with E-state index in [-0.39, 0.29) is 18.1 Å². The molecule has 5 nitrogen and oxygen atoms in total. The topological polar surface area (TPSA) is 57.5 Å². The lowest BCUT2D eigenvalue weighted by Crippen LogP contribution is -2.40. The fraction of sp³-hybridized carbons (Fsp3) is 0.389. The molecule has 0 saturated carbocycles. The number of aliphatic hydroxyl groups is 1. The Balaban J connectivity index is 1.62. The summed E-state index contributed by atoms with van der Waals surface area (Å²) >= 11 is 12.0. The average molecular weight is 382 g/mol. The lowest BCUT2D eigenvalue weighted by molar-refractivity contribution is 0.0931. The number of nitrogens with one attached hydrogen (secondary N) is 1. The quantitative estimate of drug-likeness (QED) is 0.836. The molecular weight excluding hydrogens is 361 g/mol. The molecule has 1 fully saturated rings. The molecule has 2 aromatic rings. The molecule has 0 bridgehead atoms. The first-order chi connectivity index (χ1) is 12.0. The van der Waals surface area contributed by atoms with Crippen molar-refractivity contribution in [2.75, 3.05) is 13.1 Å². The van der Waals surface area contributed by atoms with Gasteiger partial charge in [-0.05, 0) is 18.1 Å². The summed E-state index contributed by atoms with van der Waals surface area (Å²) in [5, 5.41) is 13.6. The summed E-state index contributed by atoms with van der Waals surface area (Å²) in [5.41, 5.74) is 1.61. The van der Waals surface area contributed by atoms with Gasteiger partial charge < -0.3 is 15.0 Å². The maximum Gasteiger partial charge on any atom is 0.268 e. The molecule has 1 aromatic carbocycles. The monoisotopic (exact) mass is 381 g/mol. The summed E-state index contributed by atoms with van der Waals surface area (Å²) in [6, 6.07) is 11.8. The Morgan fingerprint density at radius 3 is 2.68 bits per heavy atom. The maximum atomic E-state index is 12.4. The van der Waals surface area contributed by atoms with Gasteiger partial charge in [-0.2, -0.15) is 0 Å². The van der Waals surface area contributed by atoms with E-state index < -0.39 is 0 Å². The summed E-state index contributed by atoms with van der Waals surface area (Å²) in [6.45, 7) is 1.82. The van der Waals surface area contributed by atoms with E-state index >= 15 is 0 Å². The number of aromatic nitrogens is 1. The van der Waals surface area contributed by atoms with Gasteiger partial charge in [-0.15, -0.1) is 0 Å². The Morgan fingerprint density at radius 2 is 2.04 bits per heavy atom. The highest BCUT2D eigenvalue weighted by atomic mass is 35.5. The third-order valence-corrected chi connectivity index (χ3v) is 5.42. The van der Waals surface area contributed by atoms with E-state index in [4.69, 9.17) is 23.2 Å². The van der Waals surface area contributed by atoms with Gasteiger partial charge in [0.2, 0.25) is 0 Å². The van der Waals surface area contributed by atoms with Gasteiger partial charge in [-0.3, -0.25) is 9.69 Å². The number of halogens is 2. The number of hydrogen-bond donors (Lipinski definition) is 2. The molecule has 0 spiro atoms. The molecule has 1 saturated heterocycles. The van der Waals surface area contributed by atoms with E-state index in [0.717, 1.165) is 6.54 Å². The highest BCUT2D eigenvalue weighted by Crippen LogP contribution is 2.25. The second kappa shape index (κ2) is 7.79. The van der Waals surface area contributed by atoms with Crippen LogP contribution < -0.4 is 5.32 Å². The van der Waals surface area contributed by atoms with Crippen LogP contribution in [0.4, 0.5) is 0 Å². The summed E-state index contributed by atoms with van der Waals surface area (Å²) in [5.74, 6) is -0.225. The second-order valence-electron chi connectivity index (χ2n) is 6.40. The van der Waals surface area contributed by atoms with E-state index in [1.807, 2.05) is 18.2 Å². The Labute approximate surface area is 157 Å². The van der Waals surface area contributed by atoms with Gasteiger partial charge in [0, 0.05) is 32.7 Å². The summed E-state index contributed by atoms with van der Waals surface area (Å²) in [7, 11) is 1.70. The van der Waals surface area contributed by atoms with Crippen LogP contribution in [0.25, 0.3) is 0 Å². The van der Waals surface area contributed by atoms with Crippen LogP contribution in [-0.2, 0) is 13.6 Å². The van der Waals surface area contributed by atoms with Gasteiger partial charge in [0.1, 0.15) is 10.8 Å². The molecule has 0 unspecified atom stereocenters. The third kappa shape index (κ3) is 4.18. The first-order valence-corrected chi connectivity index (χ1v) is 8.96. The van der Waals surface area contributed by atoms with Crippen molar-refractivity contribution >= 4 is 29.1 Å². The molecule has 134 valence electrons. The molecule has 1 amide bonds. The molecular formula is C18H21Cl2N3O2. The molecule has 3 rings (SSSR count). The zero-order valence-electron chi connectivity index (χ0n) is 14.0. The van der Waals surface area contributed by atoms with Crippen molar-refractivity contribution in [2.24, 2.45) is 7.05 Å². The van der Waals surface area contributed by atoms with Crippen LogP contribution in [0.1, 0.15) is 22.5 Å². The fourth-order valence-electron chi connectivity index (χ4n) is 3.24. The van der Waals surface area contributed by atoms with Crippen LogP contribution in [0.3, 0.4) is 0 Å². The van der Waals surface area contributed by atoms with Crippen molar-refractivity contribution in [3.8, 4) is 0 Å². The normalized spacial score (nSPS) is 20.8. The number of carbonyl (C=O) groups excluding carboxylic acids is 1. The van der Waals surface area contributed by atoms with Gasteiger partial charge in [0.05, 0.1) is 11.1 Å². The number of likely N-dealkylation sites (tertiary alicyclic amines) is 1. The Hall–Kier alpha value is -1.53. The molecule has 25 heavy (non-hydrogen) atoms. The van der Waals surface area contributed by atoms with Crippen LogP contribution in [-0.4, -0.2) is 45.7 Å². The number of amides is 1. The Morgan fingerprint density at radius 1 is 1.32 bits per heavy atom. The minimum Gasteiger partial charge on any atom is -0.392 e. The number of benzene rings is 1. The number of rotatable bonds is 5. The second-order valence-corrected chi connectivity index (χ2v) is 7.16. The predicted molar refractivity (Wildman–Crippen MR) is 99.0 cm³/mol. The van der Waals surface area contributed by atoms with Crippen molar-refractivity contribution in [3.63, 3.8) is 0 Å². The molecule has 2 heterocycles. The van der Waals surface area contributed by atoms with E-state index in [9.17, 15) is 9.90 Å². The Kier molecular flexibility index (Phi) is 5.69. The molecule has 2 N–H and O–H groups in total. The first kappa shape index (κ1) is 18.3. The molecule has 1 aliphatic heterocycles. The maximum absolute atomic E-state index is 12.4. The molecule has 2 atom stereocenters. The van der Waals surface area contributed by atoms with E-state index in [0.29, 0.717) is 35.4 Å². The molecule has 0 aliphatic carbocycles. The number of aliphatic hydroxyl groups excluding tert-OH is 1. The lowest BCUT2D eigenvalue weighted by Gasteiger charge is -2.24. The van der Waals surface area contributed by atoms with E-state index in [1.165, 1.54) is 5.56 Å². The highest BCUT2D eigenvalue weighted by Gasteiger charge is 2.31. The number of hydrogen-bond acceptors (Lipinski definition) is 3. The third-order valence-electron chi connectivity index (χ3n) is 4.58. The van der Waals surface area contributed by atoms with Crippen molar-refractivity contribution in [2.45, 2.75) is 25.1 Å². The largest absolute Gasteiger partial charge is 0.392 e. The van der Waals surface area contributed by atoms with Crippen molar-refractivity contribution < 1.29 is 9.90 Å². The van der Waals surface area contributed by atoms with Crippen molar-refractivity contribution in [1.29, 1.82) is 0 Å². The zero-order valence-corrected chi connectivity index (χ0v) is 15.5. The highest BCUT2D eigenvalue weighted by molar-refractivity contribution is 6.41. The number of β-amino-alcohol motifs (C(OH)–C–C–N with tert-alkyl or cyclic N) is 1. The van der Waals surface area contributed by atoms with Crippen LogP contribution in [0, 0.1) is 0 Å². The van der Waals surface area contributed by atoms with Gasteiger partial charge in [0.15, 0.2) is 0 Å². The van der Waals surface area contributed by atoms with Crippen LogP contribution in [0.5, 0.6) is 0 Å². The molecule has 1 aromatic heterocycles. The Bertz CT molecular complexity index is 748. The minimum atomic E-state index is -0.371. The standard InChI is InChI=1S/C18H21Cl2N3O2/c1-22-16(8-15(19)17(22)20)18(25)21-9-13-7-14(24)11-23(13)10-12-5-3-2-4-6-12/h2-6,8,13-14,24H,7,9-11H2,1H3,(H,21,25)/t13-,14+/m1/s1. The van der Waals surface area contributed by atoms with Gasteiger partial charge in [0.25, 0.3) is 5.91 Å². The molecule has 0 radical (unpaired) electrons. The first-order valence-electron chi connectivity index (χ1n) is 8.20. The number of nitrogens with zero attached hydrogens (tertiary/aromatic N) is 2. The number of carbonyl (C=O) groups is 1. The zero-order chi connectivity index (χ0) is 18.0. The van der Waals surface area contributed by atoms with Crippen molar-refractivity contribution in [1.82, 2.24) is 14.8 Å². The fourth-order valence-corrected chi connectivity index (χ4v) is 3.62. The average Bonchev–Trinajstić information content (AvgIpc) is 3.07. The summed E-state index contributed by atoms with van der Waals surface area (Å²) in [6.07, 6.45) is 0.270. The predicted octanol–water partition coefficient (Wildman–Crippen LogP) is 2.70. The van der Waals surface area contributed by atoms with Crippen LogP contribution in [0.15, 0.2) is 36.4 Å². The minimum absolute atomic E-state index is 0.0883.